The van der Waals surface area contributed by atoms with Gasteiger partial charge in [-0.2, -0.15) is 13.2 Å². The van der Waals surface area contributed by atoms with E-state index in [9.17, 15) is 23.1 Å². The maximum Gasteiger partial charge on any atom is 0.406 e. The number of halogens is 3. The Balaban J connectivity index is 2.62. The zero-order valence-electron chi connectivity index (χ0n) is 9.73. The molecule has 0 aliphatic carbocycles. The molecule has 1 heterocycles. The van der Waals surface area contributed by atoms with Crippen molar-refractivity contribution in [3.8, 4) is 11.5 Å². The summed E-state index contributed by atoms with van der Waals surface area (Å²) in [7, 11) is 1.31. The molecule has 0 aliphatic heterocycles. The molecule has 1 N–H and O–H groups in total. The number of methoxy groups -OCH3 is 1. The molecule has 102 valence electrons. The molecule has 0 atom stereocenters. The first-order chi connectivity index (χ1) is 8.81. The van der Waals surface area contributed by atoms with Gasteiger partial charge in [0.1, 0.15) is 6.54 Å². The summed E-state index contributed by atoms with van der Waals surface area (Å²) in [5.74, 6) is -0.244. The van der Waals surface area contributed by atoms with Crippen LogP contribution in [0.3, 0.4) is 0 Å². The first-order valence-electron chi connectivity index (χ1n) is 5.15. The first kappa shape index (κ1) is 13.2. The second kappa shape index (κ2) is 4.45. The van der Waals surface area contributed by atoms with Crippen LogP contribution in [0.2, 0.25) is 0 Å². The number of ether oxygens (including phenoxy) is 1. The Kier molecular flexibility index (Phi) is 3.09. The van der Waals surface area contributed by atoms with E-state index in [-0.39, 0.29) is 22.4 Å². The van der Waals surface area contributed by atoms with Gasteiger partial charge in [-0.1, -0.05) is 0 Å². The highest BCUT2D eigenvalue weighted by molar-refractivity contribution is 5.81. The van der Waals surface area contributed by atoms with Crippen molar-refractivity contribution in [3.05, 3.63) is 28.8 Å². The molecule has 0 aliphatic rings. The second-order valence-corrected chi connectivity index (χ2v) is 3.83. The third-order valence-electron chi connectivity index (χ3n) is 2.47. The number of alkyl halides is 3. The summed E-state index contributed by atoms with van der Waals surface area (Å²) >= 11 is 0. The predicted molar refractivity (Wildman–Crippen MR) is 60.3 cm³/mol. The molecule has 8 heteroatoms. The smallest absolute Gasteiger partial charge is 0.406 e. The summed E-state index contributed by atoms with van der Waals surface area (Å²) in [5.41, 5.74) is -0.724. The van der Waals surface area contributed by atoms with Crippen LogP contribution in [-0.2, 0) is 6.54 Å². The largest absolute Gasteiger partial charge is 0.504 e. The number of hydrogen-bond donors (Lipinski definition) is 1. The summed E-state index contributed by atoms with van der Waals surface area (Å²) in [6, 6.07) is 2.32. The fourth-order valence-electron chi connectivity index (χ4n) is 1.64. The van der Waals surface area contributed by atoms with E-state index in [1.54, 1.807) is 0 Å². The van der Waals surface area contributed by atoms with Gasteiger partial charge in [0.15, 0.2) is 11.5 Å². The molecule has 1 aromatic heterocycles. The van der Waals surface area contributed by atoms with E-state index < -0.39 is 18.3 Å². The standard InChI is InChI=1S/C11H9F3N2O3/c1-19-9-3-7-6(2-8(9)17)10(18)16(5-15-7)4-11(12,13)14/h2-3,5,17H,4H2,1H3. The van der Waals surface area contributed by atoms with E-state index in [0.717, 1.165) is 12.4 Å². The molecule has 0 spiro atoms. The van der Waals surface area contributed by atoms with Crippen molar-refractivity contribution >= 4 is 10.9 Å². The van der Waals surface area contributed by atoms with Gasteiger partial charge in [-0.15, -0.1) is 0 Å². The maximum atomic E-state index is 12.3. The van der Waals surface area contributed by atoms with E-state index in [4.69, 9.17) is 4.74 Å². The zero-order valence-corrected chi connectivity index (χ0v) is 9.73. The van der Waals surface area contributed by atoms with E-state index in [2.05, 4.69) is 4.98 Å². The number of rotatable bonds is 2. The van der Waals surface area contributed by atoms with Crippen molar-refractivity contribution in [2.75, 3.05) is 7.11 Å². The SMILES string of the molecule is COc1cc2ncn(CC(F)(F)F)c(=O)c2cc1O. The van der Waals surface area contributed by atoms with Crippen LogP contribution in [0.1, 0.15) is 0 Å². The molecule has 0 radical (unpaired) electrons. The summed E-state index contributed by atoms with van der Waals surface area (Å²) in [6.07, 6.45) is -3.71. The average Bonchev–Trinajstić information content (AvgIpc) is 2.31. The van der Waals surface area contributed by atoms with E-state index in [1.165, 1.54) is 13.2 Å². The summed E-state index contributed by atoms with van der Waals surface area (Å²) in [6.45, 7) is -1.43. The number of benzene rings is 1. The fourth-order valence-corrected chi connectivity index (χ4v) is 1.64. The lowest BCUT2D eigenvalue weighted by Gasteiger charge is -2.10. The van der Waals surface area contributed by atoms with E-state index >= 15 is 0 Å². The van der Waals surface area contributed by atoms with Crippen molar-refractivity contribution in [1.82, 2.24) is 9.55 Å². The predicted octanol–water partition coefficient (Wildman–Crippen LogP) is 1.67. The molecular formula is C11H9F3N2O3. The van der Waals surface area contributed by atoms with Gasteiger partial charge in [0, 0.05) is 6.07 Å². The van der Waals surface area contributed by atoms with E-state index in [0.29, 0.717) is 4.57 Å². The topological polar surface area (TPSA) is 64.4 Å². The number of aromatic nitrogens is 2. The zero-order chi connectivity index (χ0) is 14.2. The number of hydrogen-bond acceptors (Lipinski definition) is 4. The highest BCUT2D eigenvalue weighted by Crippen LogP contribution is 2.28. The van der Waals surface area contributed by atoms with Gasteiger partial charge in [-0.05, 0) is 6.07 Å². The normalized spacial score (nSPS) is 11.8. The number of phenols is 1. The van der Waals surface area contributed by atoms with Gasteiger partial charge >= 0.3 is 6.18 Å². The lowest BCUT2D eigenvalue weighted by molar-refractivity contribution is -0.141. The summed E-state index contributed by atoms with van der Waals surface area (Å²) in [4.78, 5) is 15.6. The minimum atomic E-state index is -4.52. The van der Waals surface area contributed by atoms with Crippen molar-refractivity contribution in [3.63, 3.8) is 0 Å². The van der Waals surface area contributed by atoms with Crippen LogP contribution in [-0.4, -0.2) is 27.9 Å². The molecule has 0 saturated heterocycles. The minimum Gasteiger partial charge on any atom is -0.504 e. The number of nitrogens with zero attached hydrogens (tertiary/aromatic N) is 2. The van der Waals surface area contributed by atoms with Crippen molar-refractivity contribution in [2.24, 2.45) is 0 Å². The third-order valence-corrected chi connectivity index (χ3v) is 2.47. The molecule has 19 heavy (non-hydrogen) atoms. The molecular weight excluding hydrogens is 265 g/mol. The molecule has 0 unspecified atom stereocenters. The highest BCUT2D eigenvalue weighted by Gasteiger charge is 2.28. The fraction of sp³-hybridized carbons (Fsp3) is 0.273. The van der Waals surface area contributed by atoms with Gasteiger partial charge in [0.25, 0.3) is 5.56 Å². The van der Waals surface area contributed by atoms with Crippen LogP contribution in [0, 0.1) is 0 Å². The lowest BCUT2D eigenvalue weighted by Crippen LogP contribution is -2.28. The lowest BCUT2D eigenvalue weighted by atomic mass is 10.2. The van der Waals surface area contributed by atoms with Crippen LogP contribution in [0.5, 0.6) is 11.5 Å². The number of aromatic hydroxyl groups is 1. The molecule has 0 bridgehead atoms. The van der Waals surface area contributed by atoms with Crippen molar-refractivity contribution < 1.29 is 23.0 Å². The Morgan fingerprint density at radius 3 is 2.68 bits per heavy atom. The molecule has 2 rings (SSSR count). The van der Waals surface area contributed by atoms with Crippen LogP contribution in [0.15, 0.2) is 23.3 Å². The van der Waals surface area contributed by atoms with Gasteiger partial charge < -0.3 is 9.84 Å². The molecule has 0 amide bonds. The summed E-state index contributed by atoms with van der Waals surface area (Å²) < 4.78 is 42.1. The number of fused-ring (bicyclic) bond motifs is 1. The second-order valence-electron chi connectivity index (χ2n) is 3.83. The van der Waals surface area contributed by atoms with Gasteiger partial charge in [0.2, 0.25) is 0 Å². The Morgan fingerprint density at radius 2 is 2.11 bits per heavy atom. The van der Waals surface area contributed by atoms with Crippen molar-refractivity contribution in [1.29, 1.82) is 0 Å². The monoisotopic (exact) mass is 274 g/mol. The molecule has 0 saturated carbocycles. The quantitative estimate of drug-likeness (QED) is 0.904. The average molecular weight is 274 g/mol. The molecule has 0 fully saturated rings. The van der Waals surface area contributed by atoms with Gasteiger partial charge in [-0.3, -0.25) is 9.36 Å². The Labute approximate surface area is 104 Å². The Morgan fingerprint density at radius 1 is 1.42 bits per heavy atom. The summed E-state index contributed by atoms with van der Waals surface area (Å²) in [5, 5.41) is 9.43. The van der Waals surface area contributed by atoms with Crippen LogP contribution < -0.4 is 10.3 Å². The molecule has 1 aromatic carbocycles. The Bertz CT molecular complexity index is 679. The molecule has 2 aromatic rings. The third kappa shape index (κ3) is 2.61. The van der Waals surface area contributed by atoms with Crippen LogP contribution in [0.25, 0.3) is 10.9 Å². The maximum absolute atomic E-state index is 12.3. The van der Waals surface area contributed by atoms with Crippen molar-refractivity contribution in [2.45, 2.75) is 12.7 Å². The van der Waals surface area contributed by atoms with Crippen LogP contribution in [0.4, 0.5) is 13.2 Å². The van der Waals surface area contributed by atoms with E-state index in [1.807, 2.05) is 0 Å². The minimum absolute atomic E-state index is 0.0907. The Hall–Kier alpha value is -2.25. The van der Waals surface area contributed by atoms with Gasteiger partial charge in [0.05, 0.1) is 24.3 Å². The number of phenolic OH excluding ortho intramolecular Hbond substituents is 1. The van der Waals surface area contributed by atoms with Gasteiger partial charge in [-0.25, -0.2) is 4.98 Å². The molecule has 5 nitrogen and oxygen atoms in total. The highest BCUT2D eigenvalue weighted by atomic mass is 19.4. The van der Waals surface area contributed by atoms with Crippen LogP contribution >= 0.6 is 0 Å². The first-order valence-corrected chi connectivity index (χ1v) is 5.15.